The van der Waals surface area contributed by atoms with Crippen LogP contribution >= 0.6 is 0 Å². The number of ether oxygens (including phenoxy) is 2. The lowest BCUT2D eigenvalue weighted by Crippen LogP contribution is -2.13. The average Bonchev–Trinajstić information content (AvgIpc) is 3.24. The number of hydrogen-bond acceptors (Lipinski definition) is 6. The highest BCUT2D eigenvalue weighted by Crippen LogP contribution is 2.49. The first-order valence-corrected chi connectivity index (χ1v) is 6.60. The molecular formula is C14H17N3O4. The summed E-state index contributed by atoms with van der Waals surface area (Å²) < 4.78 is 10.9. The van der Waals surface area contributed by atoms with E-state index in [1.165, 1.54) is 19.2 Å². The molecule has 0 spiro atoms. The van der Waals surface area contributed by atoms with Crippen LogP contribution in [0.3, 0.4) is 0 Å². The molecule has 2 N–H and O–H groups in total. The molecule has 7 heteroatoms. The van der Waals surface area contributed by atoms with Gasteiger partial charge in [-0.2, -0.15) is 5.26 Å². The van der Waals surface area contributed by atoms with Crippen LogP contribution in [-0.4, -0.2) is 18.6 Å². The van der Waals surface area contributed by atoms with Crippen molar-refractivity contribution in [3.63, 3.8) is 0 Å². The van der Waals surface area contributed by atoms with Gasteiger partial charge in [0, 0.05) is 23.9 Å². The van der Waals surface area contributed by atoms with Crippen LogP contribution in [0.5, 0.6) is 11.5 Å². The quantitative estimate of drug-likeness (QED) is 0.608. The molecule has 21 heavy (non-hydrogen) atoms. The summed E-state index contributed by atoms with van der Waals surface area (Å²) in [6.07, 6.45) is 2.30. The first-order valence-electron chi connectivity index (χ1n) is 6.60. The van der Waals surface area contributed by atoms with Gasteiger partial charge in [-0.1, -0.05) is 0 Å². The molecule has 0 heterocycles. The number of methoxy groups -OCH3 is 1. The molecular weight excluding hydrogens is 274 g/mol. The van der Waals surface area contributed by atoms with Crippen molar-refractivity contribution in [1.82, 2.24) is 0 Å². The number of nitro benzene ring substituents is 1. The third-order valence-electron chi connectivity index (χ3n) is 3.73. The van der Waals surface area contributed by atoms with Gasteiger partial charge >= 0.3 is 0 Å². The first-order chi connectivity index (χ1) is 10.0. The zero-order valence-corrected chi connectivity index (χ0v) is 11.8. The zero-order valence-electron chi connectivity index (χ0n) is 11.8. The fourth-order valence-electron chi connectivity index (χ4n) is 2.14. The second-order valence-corrected chi connectivity index (χ2v) is 5.22. The van der Waals surface area contributed by atoms with Gasteiger partial charge in [0.1, 0.15) is 0 Å². The van der Waals surface area contributed by atoms with Gasteiger partial charge in [0.25, 0.3) is 5.69 Å². The summed E-state index contributed by atoms with van der Waals surface area (Å²) >= 11 is 0. The van der Waals surface area contributed by atoms with E-state index >= 15 is 0 Å². The molecule has 0 bridgehead atoms. The van der Waals surface area contributed by atoms with E-state index in [1.54, 1.807) is 0 Å². The molecule has 0 radical (unpaired) electrons. The van der Waals surface area contributed by atoms with Gasteiger partial charge in [-0.15, -0.1) is 0 Å². The third-order valence-corrected chi connectivity index (χ3v) is 3.73. The highest BCUT2D eigenvalue weighted by Gasteiger charge is 2.43. The van der Waals surface area contributed by atoms with Crippen molar-refractivity contribution in [1.29, 1.82) is 5.26 Å². The second kappa shape index (κ2) is 5.97. The standard InChI is InChI=1S/C14H17N3O4/c1-20-12-6-10(8-16)11(17(18)19)7-13(12)21-9-14(2-3-14)4-5-15/h6-7H,2-4,8-9,16H2,1H3. The molecule has 1 saturated carbocycles. The van der Waals surface area contributed by atoms with E-state index < -0.39 is 4.92 Å². The van der Waals surface area contributed by atoms with E-state index in [4.69, 9.17) is 20.5 Å². The second-order valence-electron chi connectivity index (χ2n) is 5.22. The lowest BCUT2D eigenvalue weighted by atomic mass is 10.1. The van der Waals surface area contributed by atoms with Crippen molar-refractivity contribution in [3.8, 4) is 17.6 Å². The minimum Gasteiger partial charge on any atom is -0.493 e. The molecule has 0 atom stereocenters. The van der Waals surface area contributed by atoms with Gasteiger partial charge in [0.15, 0.2) is 11.5 Å². The number of nitriles is 1. The SMILES string of the molecule is COc1cc(CN)c([N+](=O)[O-])cc1OCC1(CC#N)CC1. The van der Waals surface area contributed by atoms with Crippen LogP contribution in [0.25, 0.3) is 0 Å². The molecule has 0 aromatic heterocycles. The predicted molar refractivity (Wildman–Crippen MR) is 74.9 cm³/mol. The Morgan fingerprint density at radius 2 is 2.19 bits per heavy atom. The van der Waals surface area contributed by atoms with Crippen LogP contribution < -0.4 is 15.2 Å². The van der Waals surface area contributed by atoms with Crippen LogP contribution in [0.15, 0.2) is 12.1 Å². The Labute approximate surface area is 122 Å². The molecule has 0 amide bonds. The Morgan fingerprint density at radius 1 is 1.48 bits per heavy atom. The first kappa shape index (κ1) is 15.1. The predicted octanol–water partition coefficient (Wildman–Crippen LogP) is 2.13. The fraction of sp³-hybridized carbons (Fsp3) is 0.500. The van der Waals surface area contributed by atoms with E-state index in [0.29, 0.717) is 30.1 Å². The topological polar surface area (TPSA) is 111 Å². The van der Waals surface area contributed by atoms with Crippen LogP contribution in [0.1, 0.15) is 24.8 Å². The normalized spacial score (nSPS) is 15.1. The Hall–Kier alpha value is -2.33. The van der Waals surface area contributed by atoms with Gasteiger partial charge in [0.05, 0.1) is 30.8 Å². The molecule has 7 nitrogen and oxygen atoms in total. The van der Waals surface area contributed by atoms with Crippen molar-refractivity contribution in [2.24, 2.45) is 11.1 Å². The molecule has 1 aromatic rings. The Bertz CT molecular complexity index is 591. The summed E-state index contributed by atoms with van der Waals surface area (Å²) in [5.41, 5.74) is 5.71. The molecule has 112 valence electrons. The van der Waals surface area contributed by atoms with Gasteiger partial charge in [-0.25, -0.2) is 0 Å². The Morgan fingerprint density at radius 3 is 2.67 bits per heavy atom. The zero-order chi connectivity index (χ0) is 15.5. The molecule has 0 unspecified atom stereocenters. The maximum absolute atomic E-state index is 11.1. The third kappa shape index (κ3) is 3.23. The summed E-state index contributed by atoms with van der Waals surface area (Å²) in [5, 5.41) is 19.9. The van der Waals surface area contributed by atoms with Gasteiger partial charge in [-0.05, 0) is 18.9 Å². The summed E-state index contributed by atoms with van der Waals surface area (Å²) in [6, 6.07) is 5.01. The van der Waals surface area contributed by atoms with E-state index in [-0.39, 0.29) is 17.6 Å². The monoisotopic (exact) mass is 291 g/mol. The van der Waals surface area contributed by atoms with Crippen LogP contribution in [0.4, 0.5) is 5.69 Å². The summed E-state index contributed by atoms with van der Waals surface area (Å²) in [5.74, 6) is 0.722. The summed E-state index contributed by atoms with van der Waals surface area (Å²) in [7, 11) is 1.47. The van der Waals surface area contributed by atoms with E-state index in [0.717, 1.165) is 12.8 Å². The largest absolute Gasteiger partial charge is 0.493 e. The van der Waals surface area contributed by atoms with E-state index in [2.05, 4.69) is 6.07 Å². The number of benzene rings is 1. The number of hydrogen-bond donors (Lipinski definition) is 1. The van der Waals surface area contributed by atoms with Crippen LogP contribution in [-0.2, 0) is 6.54 Å². The average molecular weight is 291 g/mol. The maximum Gasteiger partial charge on any atom is 0.277 e. The number of nitrogens with two attached hydrogens (primary N) is 1. The summed E-state index contributed by atoms with van der Waals surface area (Å²) in [4.78, 5) is 10.6. The van der Waals surface area contributed by atoms with Crippen molar-refractivity contribution in [3.05, 3.63) is 27.8 Å². The number of rotatable bonds is 7. The molecule has 2 rings (SSSR count). The minimum absolute atomic E-state index is 0.0469. The molecule has 0 aliphatic heterocycles. The van der Waals surface area contributed by atoms with Crippen molar-refractivity contribution in [2.75, 3.05) is 13.7 Å². The van der Waals surface area contributed by atoms with Crippen molar-refractivity contribution in [2.45, 2.75) is 25.8 Å². The Balaban J connectivity index is 2.23. The van der Waals surface area contributed by atoms with Crippen LogP contribution in [0, 0.1) is 26.9 Å². The van der Waals surface area contributed by atoms with E-state index in [1.807, 2.05) is 0 Å². The smallest absolute Gasteiger partial charge is 0.277 e. The molecule has 1 fully saturated rings. The highest BCUT2D eigenvalue weighted by molar-refractivity contribution is 5.54. The number of nitro groups is 1. The minimum atomic E-state index is -0.489. The molecule has 1 aromatic carbocycles. The van der Waals surface area contributed by atoms with Crippen molar-refractivity contribution < 1.29 is 14.4 Å². The van der Waals surface area contributed by atoms with Crippen LogP contribution in [0.2, 0.25) is 0 Å². The van der Waals surface area contributed by atoms with Gasteiger partial charge in [-0.3, -0.25) is 10.1 Å². The Kier molecular flexibility index (Phi) is 4.29. The molecule has 1 aliphatic rings. The lowest BCUT2D eigenvalue weighted by molar-refractivity contribution is -0.385. The molecule has 1 aliphatic carbocycles. The van der Waals surface area contributed by atoms with Crippen molar-refractivity contribution >= 4 is 5.69 Å². The van der Waals surface area contributed by atoms with Gasteiger partial charge < -0.3 is 15.2 Å². The molecule has 0 saturated heterocycles. The highest BCUT2D eigenvalue weighted by atomic mass is 16.6. The number of nitrogens with zero attached hydrogens (tertiary/aromatic N) is 2. The van der Waals surface area contributed by atoms with E-state index in [9.17, 15) is 10.1 Å². The summed E-state index contributed by atoms with van der Waals surface area (Å²) in [6.45, 7) is 0.404. The lowest BCUT2D eigenvalue weighted by Gasteiger charge is -2.16. The maximum atomic E-state index is 11.1. The fourth-order valence-corrected chi connectivity index (χ4v) is 2.14. The van der Waals surface area contributed by atoms with Gasteiger partial charge in [0.2, 0.25) is 0 Å².